The average Bonchev–Trinajstić information content (AvgIpc) is 4.00. The van der Waals surface area contributed by atoms with E-state index in [4.69, 9.17) is 44.5 Å². The van der Waals surface area contributed by atoms with Gasteiger partial charge in [-0.3, -0.25) is 14.4 Å². The summed E-state index contributed by atoms with van der Waals surface area (Å²) >= 11 is 11.6. The van der Waals surface area contributed by atoms with Crippen molar-refractivity contribution in [2.75, 3.05) is 13.1 Å². The SMILES string of the molecule is CC(C)(C)OC(=O)N[C@H](CCc1ccccc1)C(=O)N1CCC[C@H]1C(=O)O.NCc1cc(Cl)ccc1O.N[C@H](CCc1ccccc1)C(=O)N1CCC[C@H]1C(=O)NCc1cc(Cl)ccc1O. The number of carboxylic acids is 1. The van der Waals surface area contributed by atoms with Gasteiger partial charge in [-0.05, 0) is 120 Å². The van der Waals surface area contributed by atoms with Gasteiger partial charge < -0.3 is 52.0 Å². The van der Waals surface area contributed by atoms with Crippen LogP contribution in [0.25, 0.3) is 0 Å². The van der Waals surface area contributed by atoms with Gasteiger partial charge in [0.05, 0.1) is 6.04 Å². The summed E-state index contributed by atoms with van der Waals surface area (Å²) in [6.07, 6.45) is 3.95. The number of aliphatic carboxylic acids is 1. The summed E-state index contributed by atoms with van der Waals surface area (Å²) in [5.41, 5.74) is 14.1. The Morgan fingerprint density at radius 3 is 1.76 bits per heavy atom. The minimum absolute atomic E-state index is 0.0667. The minimum Gasteiger partial charge on any atom is -0.508 e. The first-order valence-corrected chi connectivity index (χ1v) is 22.7. The van der Waals surface area contributed by atoms with Crippen molar-refractivity contribution < 1.29 is 44.0 Å². The van der Waals surface area contributed by atoms with E-state index in [2.05, 4.69) is 10.6 Å². The number of ether oxygens (including phenoxy) is 1. The van der Waals surface area contributed by atoms with Crippen molar-refractivity contribution in [1.82, 2.24) is 20.4 Å². The van der Waals surface area contributed by atoms with Gasteiger partial charge in [0.25, 0.3) is 0 Å². The maximum atomic E-state index is 13.0. The van der Waals surface area contributed by atoms with E-state index in [0.717, 1.165) is 17.5 Å². The van der Waals surface area contributed by atoms with E-state index in [1.165, 1.54) is 17.0 Å². The number of phenols is 2. The van der Waals surface area contributed by atoms with Crippen LogP contribution < -0.4 is 22.1 Å². The molecule has 0 spiro atoms. The van der Waals surface area contributed by atoms with E-state index in [1.54, 1.807) is 49.9 Å². The molecular formula is C49H62Cl2N6O9. The third kappa shape index (κ3) is 16.8. The number of phenolic OH excluding ortho intramolecular Hbond substituents is 2. The number of benzene rings is 4. The van der Waals surface area contributed by atoms with E-state index < -0.39 is 41.8 Å². The summed E-state index contributed by atoms with van der Waals surface area (Å²) in [5, 5.41) is 34.8. The number of aryl methyl sites for hydroxylation is 2. The standard InChI is InChI=1S/C22H26ClN3O3.C20H28N2O5.C7H8ClNO/c23-17-9-11-20(27)16(13-17)14-25-21(28)19-7-4-12-26(19)22(29)18(24)10-8-15-5-2-1-3-6-15;1-20(2,3)27-19(26)21-15(12-11-14-8-5-4-6-9-14)17(23)22-13-7-10-16(22)18(24)25;8-6-1-2-7(10)5(3-6)4-9/h1-3,5-6,9,11,13,18-19,27H,4,7-8,10,12,14,24H2,(H,25,28);4-6,8-9,15-16H,7,10-13H2,1-3H3,(H,21,26)(H,24,25);1-3,10H,4,9H2/t18-,19+;15-,16+;/m11./s1. The molecule has 9 N–H and O–H groups in total. The van der Waals surface area contributed by atoms with Crippen LogP contribution in [0.2, 0.25) is 10.0 Å². The molecule has 2 saturated heterocycles. The Morgan fingerprint density at radius 2 is 1.24 bits per heavy atom. The van der Waals surface area contributed by atoms with Crippen molar-refractivity contribution in [3.05, 3.63) is 129 Å². The number of likely N-dealkylation sites (tertiary alicyclic amines) is 2. The molecule has 2 aliphatic heterocycles. The van der Waals surface area contributed by atoms with Gasteiger partial charge in [0.1, 0.15) is 35.2 Å². The second kappa shape index (κ2) is 25.7. The summed E-state index contributed by atoms with van der Waals surface area (Å²) in [4.78, 5) is 65.0. The van der Waals surface area contributed by atoms with Gasteiger partial charge >= 0.3 is 12.1 Å². The number of nitrogens with two attached hydrogens (primary N) is 2. The van der Waals surface area contributed by atoms with Gasteiger partial charge in [0.2, 0.25) is 17.7 Å². The quantitative estimate of drug-likeness (QED) is 0.0702. The Balaban J connectivity index is 0.000000239. The second-order valence-electron chi connectivity index (χ2n) is 17.0. The Morgan fingerprint density at radius 1 is 0.742 bits per heavy atom. The molecule has 4 amide bonds. The van der Waals surface area contributed by atoms with Crippen LogP contribution in [-0.2, 0) is 49.8 Å². The Labute approximate surface area is 396 Å². The van der Waals surface area contributed by atoms with Crippen LogP contribution in [0.1, 0.15) is 81.5 Å². The lowest BCUT2D eigenvalue weighted by atomic mass is 10.0. The molecule has 0 radical (unpaired) electrons. The van der Waals surface area contributed by atoms with Crippen molar-refractivity contribution in [2.24, 2.45) is 11.5 Å². The number of hydrogen-bond acceptors (Lipinski definition) is 10. The van der Waals surface area contributed by atoms with Crippen molar-refractivity contribution in [1.29, 1.82) is 0 Å². The summed E-state index contributed by atoms with van der Waals surface area (Å²) in [6.45, 7) is 6.60. The maximum absolute atomic E-state index is 13.0. The molecule has 4 atom stereocenters. The molecule has 6 rings (SSSR count). The highest BCUT2D eigenvalue weighted by atomic mass is 35.5. The zero-order valence-electron chi connectivity index (χ0n) is 37.6. The largest absolute Gasteiger partial charge is 0.508 e. The number of aromatic hydroxyl groups is 2. The van der Waals surface area contributed by atoms with E-state index in [9.17, 15) is 34.2 Å². The number of alkyl carbamates (subject to hydrolysis) is 1. The molecule has 2 aliphatic rings. The molecule has 4 aromatic carbocycles. The second-order valence-corrected chi connectivity index (χ2v) is 17.9. The summed E-state index contributed by atoms with van der Waals surface area (Å²) in [5.74, 6) is -1.56. The predicted molar refractivity (Wildman–Crippen MR) is 254 cm³/mol. The fourth-order valence-electron chi connectivity index (χ4n) is 7.47. The zero-order chi connectivity index (χ0) is 48.4. The molecular weight excluding hydrogens is 887 g/mol. The van der Waals surface area contributed by atoms with Crippen LogP contribution >= 0.6 is 23.2 Å². The van der Waals surface area contributed by atoms with Crippen LogP contribution in [0.15, 0.2) is 97.1 Å². The zero-order valence-corrected chi connectivity index (χ0v) is 39.1. The van der Waals surface area contributed by atoms with Crippen molar-refractivity contribution in [2.45, 2.75) is 115 Å². The fourth-order valence-corrected chi connectivity index (χ4v) is 7.86. The number of carboxylic acid groups (broad SMARTS) is 1. The molecule has 2 heterocycles. The Bertz CT molecular complexity index is 2230. The van der Waals surface area contributed by atoms with Crippen LogP contribution in [0.4, 0.5) is 4.79 Å². The first-order chi connectivity index (χ1) is 31.4. The number of amides is 4. The van der Waals surface area contributed by atoms with E-state index in [0.29, 0.717) is 85.8 Å². The lowest BCUT2D eigenvalue weighted by Crippen LogP contribution is -2.52. The molecule has 0 aliphatic carbocycles. The van der Waals surface area contributed by atoms with Gasteiger partial charge in [0, 0.05) is 47.4 Å². The molecule has 0 saturated carbocycles. The van der Waals surface area contributed by atoms with Crippen molar-refractivity contribution >= 4 is 53.0 Å². The molecule has 66 heavy (non-hydrogen) atoms. The van der Waals surface area contributed by atoms with Crippen molar-refractivity contribution in [3.63, 3.8) is 0 Å². The molecule has 2 fully saturated rings. The smallest absolute Gasteiger partial charge is 0.408 e. The van der Waals surface area contributed by atoms with E-state index in [-0.39, 0.29) is 35.8 Å². The van der Waals surface area contributed by atoms with Gasteiger partial charge in [0.15, 0.2) is 0 Å². The molecule has 4 aromatic rings. The first kappa shape index (κ1) is 52.8. The average molecular weight is 950 g/mol. The van der Waals surface area contributed by atoms with Gasteiger partial charge in [-0.2, -0.15) is 0 Å². The van der Waals surface area contributed by atoms with Gasteiger partial charge in [-0.25, -0.2) is 9.59 Å². The summed E-state index contributed by atoms with van der Waals surface area (Å²) < 4.78 is 5.27. The molecule has 0 unspecified atom stereocenters. The number of halogens is 2. The molecule has 0 bridgehead atoms. The number of hydrogen-bond donors (Lipinski definition) is 7. The lowest BCUT2D eigenvalue weighted by Gasteiger charge is -2.28. The molecule has 0 aromatic heterocycles. The third-order valence-electron chi connectivity index (χ3n) is 10.9. The third-order valence-corrected chi connectivity index (χ3v) is 11.3. The van der Waals surface area contributed by atoms with E-state index in [1.807, 2.05) is 60.7 Å². The van der Waals surface area contributed by atoms with Gasteiger partial charge in [-0.1, -0.05) is 83.9 Å². The highest BCUT2D eigenvalue weighted by Gasteiger charge is 2.38. The monoisotopic (exact) mass is 948 g/mol. The summed E-state index contributed by atoms with van der Waals surface area (Å²) in [7, 11) is 0. The predicted octanol–water partition coefficient (Wildman–Crippen LogP) is 6.71. The van der Waals surface area contributed by atoms with Crippen LogP contribution in [-0.4, -0.2) is 97.8 Å². The number of carbonyl (C=O) groups excluding carboxylic acids is 4. The maximum Gasteiger partial charge on any atom is 0.408 e. The topological polar surface area (TPSA) is 238 Å². The lowest BCUT2D eigenvalue weighted by molar-refractivity contribution is -0.149. The number of nitrogens with zero attached hydrogens (tertiary/aromatic N) is 2. The number of nitrogens with one attached hydrogen (secondary N) is 2. The molecule has 15 nitrogen and oxygen atoms in total. The van der Waals surface area contributed by atoms with E-state index >= 15 is 0 Å². The van der Waals surface area contributed by atoms with Crippen LogP contribution in [0.3, 0.4) is 0 Å². The van der Waals surface area contributed by atoms with Crippen molar-refractivity contribution in [3.8, 4) is 11.5 Å². The fraction of sp³-hybridized carbons (Fsp3) is 0.408. The minimum atomic E-state index is -1.01. The number of rotatable bonds is 14. The molecule has 17 heteroatoms. The Kier molecular flexibility index (Phi) is 20.6. The number of carbonyl (C=O) groups is 5. The highest BCUT2D eigenvalue weighted by Crippen LogP contribution is 2.24. The Hall–Kier alpha value is -5.87. The van der Waals surface area contributed by atoms with Crippen LogP contribution in [0, 0.1) is 0 Å². The normalized spacial score (nSPS) is 16.4. The van der Waals surface area contributed by atoms with Gasteiger partial charge in [-0.15, -0.1) is 0 Å². The summed E-state index contributed by atoms with van der Waals surface area (Å²) in [6, 6.07) is 26.1. The highest BCUT2D eigenvalue weighted by molar-refractivity contribution is 6.31. The first-order valence-electron chi connectivity index (χ1n) is 22.0. The van der Waals surface area contributed by atoms with Crippen LogP contribution in [0.5, 0.6) is 11.5 Å². The molecule has 356 valence electrons.